The standard InChI is InChI=1S/C13H14BrF5N2S/c1-9(2)7-11-8-13(14)20-21(11)10-3-5-12(6-4-10)22(15,16,17,18)19/h3-6,8-9H,7H2,1-2H3. The quantitative estimate of drug-likeness (QED) is 0.532. The fourth-order valence-corrected chi connectivity index (χ4v) is 3.09. The van der Waals surface area contributed by atoms with Gasteiger partial charge in [-0.05, 0) is 58.6 Å². The Bertz CT molecular complexity index is 692. The fourth-order valence-electron chi connectivity index (χ4n) is 2.02. The summed E-state index contributed by atoms with van der Waals surface area (Å²) in [5.41, 5.74) is 1.08. The molecule has 0 unspecified atom stereocenters. The third-order valence-electron chi connectivity index (χ3n) is 2.90. The van der Waals surface area contributed by atoms with Gasteiger partial charge in [0.05, 0.1) is 5.69 Å². The average Bonchev–Trinajstić information content (AvgIpc) is 2.66. The lowest BCUT2D eigenvalue weighted by Crippen LogP contribution is -2.08. The molecule has 0 saturated heterocycles. The van der Waals surface area contributed by atoms with Crippen LogP contribution in [0.15, 0.2) is 39.8 Å². The van der Waals surface area contributed by atoms with Crippen molar-refractivity contribution in [2.75, 3.05) is 0 Å². The zero-order valence-corrected chi connectivity index (χ0v) is 14.1. The van der Waals surface area contributed by atoms with E-state index in [0.29, 0.717) is 34.8 Å². The Balaban J connectivity index is 2.45. The van der Waals surface area contributed by atoms with Crippen LogP contribution >= 0.6 is 26.2 Å². The highest BCUT2D eigenvalue weighted by Gasteiger charge is 2.65. The molecule has 1 aromatic heterocycles. The fraction of sp³-hybridized carbons (Fsp3) is 0.308. The number of hydrogen-bond donors (Lipinski definition) is 0. The molecule has 0 bridgehead atoms. The van der Waals surface area contributed by atoms with Gasteiger partial charge in [0.1, 0.15) is 9.50 Å². The van der Waals surface area contributed by atoms with Crippen LogP contribution in [-0.4, -0.2) is 9.78 Å². The highest BCUT2D eigenvalue weighted by Crippen LogP contribution is 3.02. The first kappa shape index (κ1) is 17.3. The highest BCUT2D eigenvalue weighted by atomic mass is 79.9. The topological polar surface area (TPSA) is 17.8 Å². The minimum Gasteiger partial charge on any atom is -0.237 e. The van der Waals surface area contributed by atoms with Gasteiger partial charge in [0.2, 0.25) is 0 Å². The lowest BCUT2D eigenvalue weighted by Gasteiger charge is -2.40. The molecular formula is C13H14BrF5N2S. The third kappa shape index (κ3) is 4.01. The van der Waals surface area contributed by atoms with Crippen molar-refractivity contribution in [3.8, 4) is 5.69 Å². The van der Waals surface area contributed by atoms with Crippen LogP contribution in [0.4, 0.5) is 19.4 Å². The molecule has 2 nitrogen and oxygen atoms in total. The van der Waals surface area contributed by atoms with Gasteiger partial charge in [-0.1, -0.05) is 33.3 Å². The predicted molar refractivity (Wildman–Crippen MR) is 81.2 cm³/mol. The molecule has 22 heavy (non-hydrogen) atoms. The number of aromatic nitrogens is 2. The first-order chi connectivity index (χ1) is 9.76. The molecule has 0 aliphatic heterocycles. The number of benzene rings is 1. The van der Waals surface area contributed by atoms with Gasteiger partial charge in [-0.3, -0.25) is 0 Å². The summed E-state index contributed by atoms with van der Waals surface area (Å²) < 4.78 is 65.5. The highest BCUT2D eigenvalue weighted by molar-refractivity contribution is 9.10. The van der Waals surface area contributed by atoms with Crippen molar-refractivity contribution >= 4 is 26.2 Å². The average molecular weight is 405 g/mol. The summed E-state index contributed by atoms with van der Waals surface area (Å²) in [5, 5.41) is 4.13. The van der Waals surface area contributed by atoms with Crippen LogP contribution in [-0.2, 0) is 6.42 Å². The Hall–Kier alpha value is -1.09. The Morgan fingerprint density at radius 3 is 2.09 bits per heavy atom. The molecule has 1 heterocycles. The van der Waals surface area contributed by atoms with Crippen LogP contribution in [0.25, 0.3) is 5.69 Å². The van der Waals surface area contributed by atoms with Crippen LogP contribution in [0.1, 0.15) is 19.5 Å². The van der Waals surface area contributed by atoms with Gasteiger partial charge < -0.3 is 0 Å². The van der Waals surface area contributed by atoms with Crippen LogP contribution in [0.5, 0.6) is 0 Å². The van der Waals surface area contributed by atoms with E-state index in [1.165, 1.54) is 4.68 Å². The smallest absolute Gasteiger partial charge is 0.237 e. The molecule has 0 N–H and O–H groups in total. The van der Waals surface area contributed by atoms with Gasteiger partial charge in [0.25, 0.3) is 0 Å². The normalized spacial score (nSPS) is 15.7. The van der Waals surface area contributed by atoms with Gasteiger partial charge in [0, 0.05) is 5.69 Å². The summed E-state index contributed by atoms with van der Waals surface area (Å²) in [6.45, 7) is 3.98. The Morgan fingerprint density at radius 2 is 1.64 bits per heavy atom. The van der Waals surface area contributed by atoms with Crippen molar-refractivity contribution < 1.29 is 19.4 Å². The van der Waals surface area contributed by atoms with Gasteiger partial charge in [-0.2, -0.15) is 5.10 Å². The van der Waals surface area contributed by atoms with Crippen molar-refractivity contribution in [3.05, 3.63) is 40.6 Å². The molecule has 124 valence electrons. The van der Waals surface area contributed by atoms with E-state index in [4.69, 9.17) is 0 Å². The van der Waals surface area contributed by atoms with Crippen molar-refractivity contribution in [2.24, 2.45) is 5.92 Å². The first-order valence-electron chi connectivity index (χ1n) is 6.35. The van der Waals surface area contributed by atoms with Gasteiger partial charge in [-0.15, -0.1) is 0 Å². The van der Waals surface area contributed by atoms with Gasteiger partial charge >= 0.3 is 10.2 Å². The molecule has 2 rings (SSSR count). The monoisotopic (exact) mass is 404 g/mol. The molecule has 0 saturated carbocycles. The van der Waals surface area contributed by atoms with Crippen molar-refractivity contribution in [1.82, 2.24) is 9.78 Å². The summed E-state index contributed by atoms with van der Waals surface area (Å²) in [7, 11) is -9.64. The lowest BCUT2D eigenvalue weighted by molar-refractivity contribution is 0.364. The van der Waals surface area contributed by atoms with E-state index in [9.17, 15) is 19.4 Å². The molecule has 0 atom stereocenters. The van der Waals surface area contributed by atoms with E-state index in [0.717, 1.165) is 17.8 Å². The molecule has 0 aliphatic rings. The molecule has 0 amide bonds. The predicted octanol–water partition coefficient (Wildman–Crippen LogP) is 6.49. The van der Waals surface area contributed by atoms with E-state index in [1.54, 1.807) is 6.07 Å². The van der Waals surface area contributed by atoms with Crippen molar-refractivity contribution in [1.29, 1.82) is 0 Å². The molecule has 2 aromatic rings. The minimum atomic E-state index is -9.64. The molecule has 0 spiro atoms. The second-order valence-electron chi connectivity index (χ2n) is 5.43. The molecule has 0 radical (unpaired) electrons. The number of nitrogens with zero attached hydrogens (tertiary/aromatic N) is 2. The van der Waals surface area contributed by atoms with Crippen molar-refractivity contribution in [2.45, 2.75) is 25.2 Å². The maximum atomic E-state index is 12.7. The van der Waals surface area contributed by atoms with E-state index in [1.807, 2.05) is 13.8 Å². The second-order valence-corrected chi connectivity index (χ2v) is 8.65. The number of rotatable bonds is 4. The zero-order valence-electron chi connectivity index (χ0n) is 11.7. The Morgan fingerprint density at radius 1 is 1.09 bits per heavy atom. The summed E-state index contributed by atoms with van der Waals surface area (Å²) >= 11 is 3.21. The maximum absolute atomic E-state index is 12.7. The van der Waals surface area contributed by atoms with E-state index < -0.39 is 15.1 Å². The Labute approximate surface area is 133 Å². The van der Waals surface area contributed by atoms with Crippen molar-refractivity contribution in [3.63, 3.8) is 0 Å². The van der Waals surface area contributed by atoms with E-state index in [-0.39, 0.29) is 0 Å². The number of hydrogen-bond acceptors (Lipinski definition) is 1. The summed E-state index contributed by atoms with van der Waals surface area (Å²) in [5.74, 6) is 0.311. The minimum absolute atomic E-state index is 0.298. The zero-order chi connectivity index (χ0) is 16.8. The first-order valence-corrected chi connectivity index (χ1v) is 9.09. The number of halogens is 6. The third-order valence-corrected chi connectivity index (χ3v) is 4.45. The summed E-state index contributed by atoms with van der Waals surface area (Å²) in [6, 6.07) is 4.53. The van der Waals surface area contributed by atoms with E-state index >= 15 is 0 Å². The van der Waals surface area contributed by atoms with Crippen LogP contribution in [0, 0.1) is 5.92 Å². The molecule has 0 fully saturated rings. The van der Waals surface area contributed by atoms with Crippen LogP contribution < -0.4 is 0 Å². The lowest BCUT2D eigenvalue weighted by atomic mass is 10.1. The SMILES string of the molecule is CC(C)Cc1cc(Br)nn1-c1ccc(S(F)(F)(F)(F)F)cc1. The molecular weight excluding hydrogens is 391 g/mol. The van der Waals surface area contributed by atoms with E-state index in [2.05, 4.69) is 21.0 Å². The molecule has 0 aliphatic carbocycles. The summed E-state index contributed by atoms with van der Waals surface area (Å²) in [4.78, 5) is -1.90. The Kier molecular flexibility index (Phi) is 3.69. The molecule has 1 aromatic carbocycles. The largest absolute Gasteiger partial charge is 0.310 e. The maximum Gasteiger partial charge on any atom is 0.310 e. The van der Waals surface area contributed by atoms with Crippen LogP contribution in [0.3, 0.4) is 0 Å². The van der Waals surface area contributed by atoms with Crippen LogP contribution in [0.2, 0.25) is 0 Å². The molecule has 9 heteroatoms. The summed E-state index contributed by atoms with van der Waals surface area (Å²) in [6.07, 6.45) is 0.655. The van der Waals surface area contributed by atoms with Gasteiger partial charge in [0.15, 0.2) is 0 Å². The van der Waals surface area contributed by atoms with Gasteiger partial charge in [-0.25, -0.2) is 4.68 Å². The second kappa shape index (κ2) is 4.70.